The normalized spacial score (nSPS) is 26.2. The zero-order valence-corrected chi connectivity index (χ0v) is 22.3. The zero-order valence-electron chi connectivity index (χ0n) is 22.3. The molecule has 198 valence electrons. The predicted molar refractivity (Wildman–Crippen MR) is 137 cm³/mol. The summed E-state index contributed by atoms with van der Waals surface area (Å²) in [5.74, 6) is 0.400. The first kappa shape index (κ1) is 26.6. The van der Waals surface area contributed by atoms with E-state index in [4.69, 9.17) is 18.9 Å². The fourth-order valence-corrected chi connectivity index (χ4v) is 5.46. The number of methoxy groups -OCH3 is 1. The van der Waals surface area contributed by atoms with Gasteiger partial charge < -0.3 is 29.0 Å². The van der Waals surface area contributed by atoms with Crippen molar-refractivity contribution in [2.24, 2.45) is 11.8 Å². The van der Waals surface area contributed by atoms with Crippen molar-refractivity contribution in [3.63, 3.8) is 0 Å². The van der Waals surface area contributed by atoms with Crippen LogP contribution < -0.4 is 4.74 Å². The molecule has 0 radical (unpaired) electrons. The van der Waals surface area contributed by atoms with Gasteiger partial charge in [0.25, 0.3) is 0 Å². The van der Waals surface area contributed by atoms with Crippen molar-refractivity contribution in [3.05, 3.63) is 36.0 Å². The van der Waals surface area contributed by atoms with E-state index in [9.17, 15) is 9.90 Å². The summed E-state index contributed by atoms with van der Waals surface area (Å²) in [7, 11) is 1.64. The first-order chi connectivity index (χ1) is 17.0. The Kier molecular flexibility index (Phi) is 7.78. The van der Waals surface area contributed by atoms with Gasteiger partial charge in [0.2, 0.25) is 0 Å². The van der Waals surface area contributed by atoms with E-state index in [1.807, 2.05) is 52.8 Å². The highest BCUT2D eigenvalue weighted by Gasteiger charge is 2.45. The summed E-state index contributed by atoms with van der Waals surface area (Å²) in [6.45, 7) is 10.8. The molecule has 8 nitrogen and oxygen atoms in total. The van der Waals surface area contributed by atoms with Crippen LogP contribution in [0, 0.1) is 11.8 Å². The molecular weight excluding hydrogens is 460 g/mol. The predicted octanol–water partition coefficient (Wildman–Crippen LogP) is 5.08. The fourth-order valence-electron chi connectivity index (χ4n) is 5.46. The monoisotopic (exact) mass is 500 g/mol. The smallest absolute Gasteiger partial charge is 0.410 e. The average molecular weight is 501 g/mol. The van der Waals surface area contributed by atoms with Crippen LogP contribution in [0.3, 0.4) is 0 Å². The van der Waals surface area contributed by atoms with Crippen molar-refractivity contribution < 1.29 is 28.8 Å². The first-order valence-corrected chi connectivity index (χ1v) is 12.9. The zero-order chi connectivity index (χ0) is 26.1. The minimum absolute atomic E-state index is 0.0784. The SMILES string of the molecule is COc1cnc2cccc([C@H]3OC(C)(C)O[C@@H]3C[C@@H]3CCN(C(=O)OC(C)(C)C)C[C@@H]3CCO)c2c1. The van der Waals surface area contributed by atoms with Crippen molar-refractivity contribution in [1.29, 1.82) is 0 Å². The van der Waals surface area contributed by atoms with Gasteiger partial charge in [-0.1, -0.05) is 12.1 Å². The molecule has 8 heteroatoms. The first-order valence-electron chi connectivity index (χ1n) is 12.9. The molecule has 0 bridgehead atoms. The van der Waals surface area contributed by atoms with Gasteiger partial charge in [-0.15, -0.1) is 0 Å². The summed E-state index contributed by atoms with van der Waals surface area (Å²) < 4.78 is 23.9. The maximum Gasteiger partial charge on any atom is 0.410 e. The van der Waals surface area contributed by atoms with Gasteiger partial charge in [-0.05, 0) is 83.4 Å². The summed E-state index contributed by atoms with van der Waals surface area (Å²) in [5, 5.41) is 10.8. The van der Waals surface area contributed by atoms with Gasteiger partial charge in [0, 0.05) is 25.1 Å². The number of aliphatic hydroxyl groups is 1. The molecule has 2 saturated heterocycles. The molecule has 2 aliphatic rings. The number of piperidine rings is 1. The van der Waals surface area contributed by atoms with Gasteiger partial charge in [-0.25, -0.2) is 4.79 Å². The molecule has 3 heterocycles. The lowest BCUT2D eigenvalue weighted by Crippen LogP contribution is -2.46. The molecule has 0 saturated carbocycles. The second kappa shape index (κ2) is 10.5. The molecule has 4 rings (SSSR count). The number of hydrogen-bond acceptors (Lipinski definition) is 7. The van der Waals surface area contributed by atoms with Crippen molar-refractivity contribution >= 4 is 17.0 Å². The number of fused-ring (bicyclic) bond motifs is 1. The van der Waals surface area contributed by atoms with Gasteiger partial charge in [0.1, 0.15) is 17.5 Å². The number of benzene rings is 1. The van der Waals surface area contributed by atoms with Crippen LogP contribution in [-0.2, 0) is 14.2 Å². The maximum atomic E-state index is 12.7. The maximum absolute atomic E-state index is 12.7. The third-order valence-electron chi connectivity index (χ3n) is 7.04. The molecule has 0 unspecified atom stereocenters. The van der Waals surface area contributed by atoms with E-state index >= 15 is 0 Å². The van der Waals surface area contributed by atoms with Crippen molar-refractivity contribution in [1.82, 2.24) is 9.88 Å². The van der Waals surface area contributed by atoms with E-state index in [0.717, 1.165) is 29.3 Å². The summed E-state index contributed by atoms with van der Waals surface area (Å²) >= 11 is 0. The minimum Gasteiger partial charge on any atom is -0.495 e. The molecule has 1 aromatic carbocycles. The van der Waals surface area contributed by atoms with Gasteiger partial charge in [0.05, 0.1) is 24.9 Å². The molecule has 0 spiro atoms. The molecule has 36 heavy (non-hydrogen) atoms. The van der Waals surface area contributed by atoms with Crippen molar-refractivity contribution in [2.45, 2.75) is 77.5 Å². The van der Waals surface area contributed by atoms with Crippen LogP contribution in [0.5, 0.6) is 5.75 Å². The number of aliphatic hydroxyl groups excluding tert-OH is 1. The molecular formula is C28H40N2O6. The van der Waals surface area contributed by atoms with Crippen LogP contribution >= 0.6 is 0 Å². The van der Waals surface area contributed by atoms with Crippen LogP contribution in [0.15, 0.2) is 30.5 Å². The molecule has 1 amide bonds. The number of aromatic nitrogens is 1. The minimum atomic E-state index is -0.729. The Morgan fingerprint density at radius 2 is 2.03 bits per heavy atom. The average Bonchev–Trinajstić information content (AvgIpc) is 3.12. The second-order valence-corrected chi connectivity index (χ2v) is 11.4. The van der Waals surface area contributed by atoms with Crippen LogP contribution in [0.4, 0.5) is 4.79 Å². The summed E-state index contributed by atoms with van der Waals surface area (Å²) in [6.07, 6.45) is 3.21. The highest BCUT2D eigenvalue weighted by molar-refractivity contribution is 5.83. The Hall–Kier alpha value is -2.42. The van der Waals surface area contributed by atoms with E-state index in [-0.39, 0.29) is 36.7 Å². The standard InChI is InChI=1S/C28H40N2O6/c1-27(2,3)36-26(32)30-12-10-18(19(17-30)11-13-31)14-24-25(35-28(4,5)34-24)21-8-7-9-23-22(21)15-20(33-6)16-29-23/h7-9,15-16,18-19,24-25,31H,10-14,17H2,1-6H3/t18-,19-,24+,25+/m0/s1. The number of hydrogen-bond donors (Lipinski definition) is 1. The molecule has 2 aromatic rings. The van der Waals surface area contributed by atoms with E-state index in [0.29, 0.717) is 25.3 Å². The number of likely N-dealkylation sites (tertiary alicyclic amines) is 1. The van der Waals surface area contributed by atoms with E-state index in [2.05, 4.69) is 11.1 Å². The highest BCUT2D eigenvalue weighted by Crippen LogP contribution is 2.45. The topological polar surface area (TPSA) is 90.4 Å². The Balaban J connectivity index is 1.56. The van der Waals surface area contributed by atoms with E-state index in [1.54, 1.807) is 18.2 Å². The number of carbonyl (C=O) groups excluding carboxylic acids is 1. The van der Waals surface area contributed by atoms with Crippen LogP contribution in [0.2, 0.25) is 0 Å². The molecule has 0 aliphatic carbocycles. The number of carbonyl (C=O) groups is 1. The lowest BCUT2D eigenvalue weighted by atomic mass is 9.79. The quantitative estimate of drug-likeness (QED) is 0.591. The van der Waals surface area contributed by atoms with Crippen molar-refractivity contribution in [2.75, 3.05) is 26.8 Å². The number of pyridine rings is 1. The van der Waals surface area contributed by atoms with Crippen LogP contribution in [0.1, 0.15) is 65.5 Å². The van der Waals surface area contributed by atoms with E-state index in [1.165, 1.54) is 0 Å². The Labute approximate surface area is 213 Å². The van der Waals surface area contributed by atoms with Crippen molar-refractivity contribution in [3.8, 4) is 5.75 Å². The number of rotatable bonds is 6. The number of nitrogens with zero attached hydrogens (tertiary/aromatic N) is 2. The van der Waals surface area contributed by atoms with Gasteiger partial charge in [-0.3, -0.25) is 4.98 Å². The lowest BCUT2D eigenvalue weighted by Gasteiger charge is -2.40. The third-order valence-corrected chi connectivity index (χ3v) is 7.04. The van der Waals surface area contributed by atoms with Crippen LogP contribution in [-0.4, -0.2) is 65.4 Å². The summed E-state index contributed by atoms with van der Waals surface area (Å²) in [4.78, 5) is 19.0. The Morgan fingerprint density at radius 3 is 2.72 bits per heavy atom. The molecule has 1 aromatic heterocycles. The summed E-state index contributed by atoms with van der Waals surface area (Å²) in [5.41, 5.74) is 1.37. The highest BCUT2D eigenvalue weighted by atomic mass is 16.7. The largest absolute Gasteiger partial charge is 0.495 e. The summed E-state index contributed by atoms with van der Waals surface area (Å²) in [6, 6.07) is 8.05. The molecule has 4 atom stereocenters. The Morgan fingerprint density at radius 1 is 1.25 bits per heavy atom. The lowest BCUT2D eigenvalue weighted by molar-refractivity contribution is -0.148. The number of amides is 1. The second-order valence-electron chi connectivity index (χ2n) is 11.4. The third kappa shape index (κ3) is 6.10. The fraction of sp³-hybridized carbons (Fsp3) is 0.643. The number of ether oxygens (including phenoxy) is 4. The van der Waals surface area contributed by atoms with E-state index < -0.39 is 11.4 Å². The van der Waals surface area contributed by atoms with Gasteiger partial charge in [-0.2, -0.15) is 0 Å². The Bertz CT molecular complexity index is 1070. The van der Waals surface area contributed by atoms with Crippen LogP contribution in [0.25, 0.3) is 10.9 Å². The molecule has 2 fully saturated rings. The van der Waals surface area contributed by atoms with Gasteiger partial charge in [0.15, 0.2) is 5.79 Å². The molecule has 2 aliphatic heterocycles. The van der Waals surface area contributed by atoms with Gasteiger partial charge >= 0.3 is 6.09 Å². The molecule has 1 N–H and O–H groups in total.